The van der Waals surface area contributed by atoms with Gasteiger partial charge in [0.1, 0.15) is 6.04 Å². The summed E-state index contributed by atoms with van der Waals surface area (Å²) in [5.74, 6) is -1.21. The number of halogens is 1. The lowest BCUT2D eigenvalue weighted by atomic mass is 10.1. The second-order valence-corrected chi connectivity index (χ2v) is 5.39. The van der Waals surface area contributed by atoms with Gasteiger partial charge in [0.2, 0.25) is 5.91 Å². The van der Waals surface area contributed by atoms with E-state index in [1.807, 2.05) is 30.0 Å². The van der Waals surface area contributed by atoms with Gasteiger partial charge in [0, 0.05) is 23.2 Å². The fourth-order valence-corrected chi connectivity index (χ4v) is 2.52. The second kappa shape index (κ2) is 5.61. The molecule has 1 aliphatic rings. The Morgan fingerprint density at radius 2 is 2.32 bits per heavy atom. The number of amides is 1. The zero-order chi connectivity index (χ0) is 14.0. The predicted octanol–water partition coefficient (Wildman–Crippen LogP) is 1.54. The molecule has 0 bridgehead atoms. The van der Waals surface area contributed by atoms with Crippen molar-refractivity contribution in [3.8, 4) is 0 Å². The molecule has 0 saturated carbocycles. The molecule has 0 aromatic heterocycles. The molecular weight excluding hydrogens is 312 g/mol. The average molecular weight is 327 g/mol. The zero-order valence-corrected chi connectivity index (χ0v) is 12.1. The van der Waals surface area contributed by atoms with E-state index in [2.05, 4.69) is 21.2 Å². The number of anilines is 1. The van der Waals surface area contributed by atoms with E-state index in [4.69, 9.17) is 5.11 Å². The third kappa shape index (κ3) is 3.07. The van der Waals surface area contributed by atoms with Crippen LogP contribution in [0.1, 0.15) is 12.0 Å². The Morgan fingerprint density at radius 3 is 2.95 bits per heavy atom. The molecule has 19 heavy (non-hydrogen) atoms. The van der Waals surface area contributed by atoms with Crippen LogP contribution in [-0.4, -0.2) is 36.1 Å². The van der Waals surface area contributed by atoms with Gasteiger partial charge in [-0.2, -0.15) is 0 Å². The molecule has 1 fully saturated rings. The van der Waals surface area contributed by atoms with Gasteiger partial charge in [0.05, 0.1) is 6.42 Å². The Morgan fingerprint density at radius 1 is 1.58 bits per heavy atom. The predicted molar refractivity (Wildman–Crippen MR) is 75.3 cm³/mol. The molecule has 0 aliphatic carbocycles. The van der Waals surface area contributed by atoms with E-state index in [1.165, 1.54) is 0 Å². The number of rotatable bonds is 3. The Kier molecular flexibility index (Phi) is 4.09. The normalized spacial score (nSPS) is 19.2. The lowest BCUT2D eigenvalue weighted by Gasteiger charge is -2.36. The Labute approximate surface area is 119 Å². The lowest BCUT2D eigenvalue weighted by Crippen LogP contribution is -2.56. The van der Waals surface area contributed by atoms with Crippen LogP contribution in [0.25, 0.3) is 0 Å². The first-order chi connectivity index (χ1) is 8.99. The van der Waals surface area contributed by atoms with E-state index in [1.54, 1.807) is 0 Å². The third-order valence-electron chi connectivity index (χ3n) is 3.19. The summed E-state index contributed by atoms with van der Waals surface area (Å²) in [6, 6.07) is 5.13. The van der Waals surface area contributed by atoms with Crippen LogP contribution in [0.3, 0.4) is 0 Å². The molecule has 2 N–H and O–H groups in total. The highest BCUT2D eigenvalue weighted by Gasteiger charge is 2.31. The SMILES string of the molecule is Cc1ccc(N2CCNC(=O)C2CC(=O)O)cc1Br. The second-order valence-electron chi connectivity index (χ2n) is 4.53. The highest BCUT2D eigenvalue weighted by atomic mass is 79.9. The number of aliphatic carboxylic acids is 1. The number of benzene rings is 1. The Bertz CT molecular complexity index is 519. The molecule has 102 valence electrons. The highest BCUT2D eigenvalue weighted by Crippen LogP contribution is 2.26. The summed E-state index contributed by atoms with van der Waals surface area (Å²) >= 11 is 3.46. The number of hydrogen-bond acceptors (Lipinski definition) is 3. The molecule has 1 aliphatic heterocycles. The number of carbonyl (C=O) groups excluding carboxylic acids is 1. The maximum atomic E-state index is 11.8. The average Bonchev–Trinajstić information content (AvgIpc) is 2.35. The summed E-state index contributed by atoms with van der Waals surface area (Å²) in [4.78, 5) is 24.6. The fraction of sp³-hybridized carbons (Fsp3) is 0.385. The minimum absolute atomic E-state index is 0.197. The molecule has 0 spiro atoms. The number of nitrogens with zero attached hydrogens (tertiary/aromatic N) is 1. The molecule has 1 aromatic rings. The van der Waals surface area contributed by atoms with Crippen LogP contribution in [0.2, 0.25) is 0 Å². The molecule has 5 nitrogen and oxygen atoms in total. The molecule has 1 saturated heterocycles. The van der Waals surface area contributed by atoms with E-state index in [0.29, 0.717) is 13.1 Å². The first-order valence-electron chi connectivity index (χ1n) is 6.01. The number of nitrogens with one attached hydrogen (secondary N) is 1. The van der Waals surface area contributed by atoms with Crippen LogP contribution in [-0.2, 0) is 9.59 Å². The van der Waals surface area contributed by atoms with E-state index in [0.717, 1.165) is 15.7 Å². The largest absolute Gasteiger partial charge is 0.481 e. The van der Waals surface area contributed by atoms with E-state index >= 15 is 0 Å². The lowest BCUT2D eigenvalue weighted by molar-refractivity contribution is -0.139. The van der Waals surface area contributed by atoms with Crippen molar-refractivity contribution in [1.29, 1.82) is 0 Å². The molecule has 1 atom stereocenters. The van der Waals surface area contributed by atoms with Gasteiger partial charge < -0.3 is 15.3 Å². The van der Waals surface area contributed by atoms with Crippen molar-refractivity contribution < 1.29 is 14.7 Å². The quantitative estimate of drug-likeness (QED) is 0.884. The van der Waals surface area contributed by atoms with Crippen LogP contribution in [0.4, 0.5) is 5.69 Å². The summed E-state index contributed by atoms with van der Waals surface area (Å²) in [5, 5.41) is 11.6. The van der Waals surface area contributed by atoms with E-state index in [-0.39, 0.29) is 12.3 Å². The molecular formula is C13H15BrN2O3. The number of carboxylic acids is 1. The number of carboxylic acid groups (broad SMARTS) is 1. The van der Waals surface area contributed by atoms with Gasteiger partial charge in [-0.1, -0.05) is 22.0 Å². The summed E-state index contributed by atoms with van der Waals surface area (Å²) in [6.45, 7) is 3.12. The standard InChI is InChI=1S/C13H15BrN2O3/c1-8-2-3-9(6-10(8)14)16-5-4-15-13(19)11(16)7-12(17)18/h2-3,6,11H,4-5,7H2,1H3,(H,15,19)(H,17,18). The molecule has 1 heterocycles. The molecule has 1 aromatic carbocycles. The minimum atomic E-state index is -0.974. The first kappa shape index (κ1) is 13.9. The highest BCUT2D eigenvalue weighted by molar-refractivity contribution is 9.10. The number of hydrogen-bond donors (Lipinski definition) is 2. The van der Waals surface area contributed by atoms with Gasteiger partial charge in [0.25, 0.3) is 0 Å². The van der Waals surface area contributed by atoms with Crippen molar-refractivity contribution in [3.05, 3.63) is 28.2 Å². The fourth-order valence-electron chi connectivity index (χ4n) is 2.15. The summed E-state index contributed by atoms with van der Waals surface area (Å²) < 4.78 is 0.949. The van der Waals surface area contributed by atoms with Crippen LogP contribution in [0.5, 0.6) is 0 Å². The van der Waals surface area contributed by atoms with Gasteiger partial charge in [-0.25, -0.2) is 0 Å². The monoisotopic (exact) mass is 326 g/mol. The molecule has 1 amide bonds. The van der Waals surface area contributed by atoms with Crippen LogP contribution < -0.4 is 10.2 Å². The van der Waals surface area contributed by atoms with E-state index in [9.17, 15) is 9.59 Å². The third-order valence-corrected chi connectivity index (χ3v) is 4.04. The number of carbonyl (C=O) groups is 2. The van der Waals surface area contributed by atoms with Gasteiger partial charge >= 0.3 is 5.97 Å². The zero-order valence-electron chi connectivity index (χ0n) is 10.5. The van der Waals surface area contributed by atoms with Gasteiger partial charge in [-0.05, 0) is 24.6 Å². The van der Waals surface area contributed by atoms with Crippen molar-refractivity contribution in [2.45, 2.75) is 19.4 Å². The first-order valence-corrected chi connectivity index (χ1v) is 6.80. The number of aryl methyl sites for hydroxylation is 1. The smallest absolute Gasteiger partial charge is 0.305 e. The summed E-state index contributed by atoms with van der Waals surface area (Å²) in [7, 11) is 0. The minimum Gasteiger partial charge on any atom is -0.481 e. The van der Waals surface area contributed by atoms with Crippen molar-refractivity contribution in [2.24, 2.45) is 0 Å². The van der Waals surface area contributed by atoms with Crippen molar-refractivity contribution in [2.75, 3.05) is 18.0 Å². The Balaban J connectivity index is 2.30. The topological polar surface area (TPSA) is 69.6 Å². The van der Waals surface area contributed by atoms with E-state index < -0.39 is 12.0 Å². The summed E-state index contributed by atoms with van der Waals surface area (Å²) in [6.07, 6.45) is -0.197. The van der Waals surface area contributed by atoms with Crippen molar-refractivity contribution in [3.63, 3.8) is 0 Å². The molecule has 6 heteroatoms. The maximum Gasteiger partial charge on any atom is 0.305 e. The number of piperazine rings is 1. The van der Waals surface area contributed by atoms with Gasteiger partial charge in [0.15, 0.2) is 0 Å². The van der Waals surface area contributed by atoms with Crippen molar-refractivity contribution >= 4 is 33.5 Å². The molecule has 1 unspecified atom stereocenters. The van der Waals surface area contributed by atoms with Crippen LogP contribution in [0, 0.1) is 6.92 Å². The van der Waals surface area contributed by atoms with Crippen LogP contribution >= 0.6 is 15.9 Å². The van der Waals surface area contributed by atoms with Gasteiger partial charge in [-0.15, -0.1) is 0 Å². The molecule has 0 radical (unpaired) electrons. The van der Waals surface area contributed by atoms with Gasteiger partial charge in [-0.3, -0.25) is 9.59 Å². The van der Waals surface area contributed by atoms with Crippen molar-refractivity contribution in [1.82, 2.24) is 5.32 Å². The van der Waals surface area contributed by atoms with Crippen LogP contribution in [0.15, 0.2) is 22.7 Å². The Hall–Kier alpha value is -1.56. The maximum absolute atomic E-state index is 11.8. The molecule has 2 rings (SSSR count). The summed E-state index contributed by atoms with van der Waals surface area (Å²) in [5.41, 5.74) is 1.96.